The van der Waals surface area contributed by atoms with Crippen LogP contribution in [0.5, 0.6) is 0 Å². The molecule has 0 radical (unpaired) electrons. The second-order valence-corrected chi connectivity index (χ2v) is 6.60. The van der Waals surface area contributed by atoms with Gasteiger partial charge in [0.15, 0.2) is 5.78 Å². The van der Waals surface area contributed by atoms with Crippen molar-refractivity contribution in [1.82, 2.24) is 0 Å². The van der Waals surface area contributed by atoms with Gasteiger partial charge in [0.1, 0.15) is 0 Å². The topological polar surface area (TPSA) is 17.1 Å². The lowest BCUT2D eigenvalue weighted by atomic mass is 10.0. The van der Waals surface area contributed by atoms with Crippen LogP contribution in [0.15, 0.2) is 72.8 Å². The van der Waals surface area contributed by atoms with Gasteiger partial charge in [-0.25, -0.2) is 0 Å². The minimum Gasteiger partial charge on any atom is -0.289 e. The van der Waals surface area contributed by atoms with Crippen LogP contribution in [-0.4, -0.2) is 5.78 Å². The largest absolute Gasteiger partial charge is 0.289 e. The minimum atomic E-state index is 0.0410. The predicted molar refractivity (Wildman–Crippen MR) is 102 cm³/mol. The third kappa shape index (κ3) is 3.99. The van der Waals surface area contributed by atoms with E-state index in [1.807, 2.05) is 36.4 Å². The van der Waals surface area contributed by atoms with Crippen LogP contribution in [0.4, 0.5) is 0 Å². The standard InChI is InChI=1S/C23H22O/c1-17(2)15-18-8-12-21(13-9-18)23(24)14-10-19-7-11-20-5-3-4-6-22(20)16-19/h3-14,16-17H,15H2,1-2H3/b14-10+. The number of fused-ring (bicyclic) bond motifs is 1. The smallest absolute Gasteiger partial charge is 0.185 e. The third-order valence-electron chi connectivity index (χ3n) is 4.08. The van der Waals surface area contributed by atoms with Crippen molar-refractivity contribution >= 4 is 22.6 Å². The van der Waals surface area contributed by atoms with E-state index in [9.17, 15) is 4.79 Å². The van der Waals surface area contributed by atoms with Gasteiger partial charge in [-0.15, -0.1) is 0 Å². The molecular weight excluding hydrogens is 292 g/mol. The van der Waals surface area contributed by atoms with Gasteiger partial charge in [0.05, 0.1) is 0 Å². The molecule has 3 rings (SSSR count). The van der Waals surface area contributed by atoms with Crippen molar-refractivity contribution in [2.24, 2.45) is 5.92 Å². The van der Waals surface area contributed by atoms with Crippen molar-refractivity contribution in [2.75, 3.05) is 0 Å². The molecule has 3 aromatic carbocycles. The Labute approximate surface area is 143 Å². The summed E-state index contributed by atoms with van der Waals surface area (Å²) >= 11 is 0. The number of carbonyl (C=O) groups excluding carboxylic acids is 1. The molecule has 0 saturated heterocycles. The Morgan fingerprint density at radius 1 is 0.917 bits per heavy atom. The van der Waals surface area contributed by atoms with Gasteiger partial charge in [-0.3, -0.25) is 4.79 Å². The Kier molecular flexibility index (Phi) is 4.90. The summed E-state index contributed by atoms with van der Waals surface area (Å²) in [7, 11) is 0. The van der Waals surface area contributed by atoms with E-state index in [0.29, 0.717) is 5.92 Å². The lowest BCUT2D eigenvalue weighted by Gasteiger charge is -2.05. The summed E-state index contributed by atoms with van der Waals surface area (Å²) in [6.07, 6.45) is 4.58. The second kappa shape index (κ2) is 7.27. The van der Waals surface area contributed by atoms with Crippen LogP contribution in [0.3, 0.4) is 0 Å². The fraction of sp³-hybridized carbons (Fsp3) is 0.174. The Balaban J connectivity index is 1.74. The van der Waals surface area contributed by atoms with E-state index < -0.39 is 0 Å². The van der Waals surface area contributed by atoms with Crippen LogP contribution in [0.1, 0.15) is 35.3 Å². The van der Waals surface area contributed by atoms with Gasteiger partial charge in [0, 0.05) is 5.56 Å². The summed E-state index contributed by atoms with van der Waals surface area (Å²) in [6.45, 7) is 4.40. The zero-order valence-corrected chi connectivity index (χ0v) is 14.2. The molecule has 0 unspecified atom stereocenters. The van der Waals surface area contributed by atoms with Gasteiger partial charge in [-0.2, -0.15) is 0 Å². The first-order valence-electron chi connectivity index (χ1n) is 8.42. The van der Waals surface area contributed by atoms with Gasteiger partial charge < -0.3 is 0 Å². The second-order valence-electron chi connectivity index (χ2n) is 6.60. The molecule has 0 heterocycles. The highest BCUT2D eigenvalue weighted by molar-refractivity contribution is 6.07. The van der Waals surface area contributed by atoms with E-state index in [1.54, 1.807) is 6.08 Å². The van der Waals surface area contributed by atoms with Gasteiger partial charge in [-0.05, 0) is 46.4 Å². The summed E-state index contributed by atoms with van der Waals surface area (Å²) in [5, 5.41) is 2.40. The molecule has 1 heteroatoms. The van der Waals surface area contributed by atoms with Crippen molar-refractivity contribution in [1.29, 1.82) is 0 Å². The first kappa shape index (κ1) is 16.2. The molecule has 0 bridgehead atoms. The maximum absolute atomic E-state index is 12.3. The molecule has 1 nitrogen and oxygen atoms in total. The number of benzene rings is 3. The van der Waals surface area contributed by atoms with Crippen molar-refractivity contribution in [3.05, 3.63) is 89.5 Å². The highest BCUT2D eigenvalue weighted by Gasteiger charge is 2.03. The zero-order chi connectivity index (χ0) is 16.9. The van der Waals surface area contributed by atoms with Crippen LogP contribution in [0, 0.1) is 5.92 Å². The average molecular weight is 314 g/mol. The molecular formula is C23H22O. The number of rotatable bonds is 5. The molecule has 120 valence electrons. The van der Waals surface area contributed by atoms with Gasteiger partial charge in [0.2, 0.25) is 0 Å². The Hall–Kier alpha value is -2.67. The maximum atomic E-state index is 12.3. The molecule has 0 aliphatic rings. The third-order valence-corrected chi connectivity index (χ3v) is 4.08. The van der Waals surface area contributed by atoms with Crippen molar-refractivity contribution in [3.63, 3.8) is 0 Å². The van der Waals surface area contributed by atoms with Crippen molar-refractivity contribution in [3.8, 4) is 0 Å². The van der Waals surface area contributed by atoms with E-state index >= 15 is 0 Å². The lowest BCUT2D eigenvalue weighted by molar-refractivity contribution is 0.104. The van der Waals surface area contributed by atoms with Crippen LogP contribution < -0.4 is 0 Å². The molecule has 0 N–H and O–H groups in total. The molecule has 3 aromatic rings. The SMILES string of the molecule is CC(C)Cc1ccc(C(=O)/C=C/c2ccc3ccccc3c2)cc1. The first-order valence-corrected chi connectivity index (χ1v) is 8.42. The molecule has 24 heavy (non-hydrogen) atoms. The summed E-state index contributed by atoms with van der Waals surface area (Å²) in [6, 6.07) is 22.4. The fourth-order valence-corrected chi connectivity index (χ4v) is 2.86. The molecule has 0 fully saturated rings. The predicted octanol–water partition coefficient (Wildman–Crippen LogP) is 5.93. The monoisotopic (exact) mass is 314 g/mol. The Bertz CT molecular complexity index is 870. The highest BCUT2D eigenvalue weighted by atomic mass is 16.1. The molecule has 0 aliphatic heterocycles. The minimum absolute atomic E-state index is 0.0410. The van der Waals surface area contributed by atoms with E-state index in [2.05, 4.69) is 50.2 Å². The lowest BCUT2D eigenvalue weighted by Crippen LogP contribution is -1.97. The van der Waals surface area contributed by atoms with Crippen LogP contribution >= 0.6 is 0 Å². The number of carbonyl (C=O) groups is 1. The molecule has 0 aromatic heterocycles. The summed E-state index contributed by atoms with van der Waals surface area (Å²) in [5.41, 5.74) is 3.05. The number of ketones is 1. The van der Waals surface area contributed by atoms with Crippen molar-refractivity contribution in [2.45, 2.75) is 20.3 Å². The highest BCUT2D eigenvalue weighted by Crippen LogP contribution is 2.17. The zero-order valence-electron chi connectivity index (χ0n) is 14.2. The van der Waals surface area contributed by atoms with Crippen LogP contribution in [0.25, 0.3) is 16.8 Å². The van der Waals surface area contributed by atoms with Crippen molar-refractivity contribution < 1.29 is 4.79 Å². The number of hydrogen-bond donors (Lipinski definition) is 0. The van der Waals surface area contributed by atoms with E-state index in [1.165, 1.54) is 16.3 Å². The van der Waals surface area contributed by atoms with Crippen LogP contribution in [-0.2, 0) is 6.42 Å². The summed E-state index contributed by atoms with van der Waals surface area (Å²) in [5.74, 6) is 0.665. The number of allylic oxidation sites excluding steroid dienone is 1. The normalized spacial score (nSPS) is 11.5. The summed E-state index contributed by atoms with van der Waals surface area (Å²) in [4.78, 5) is 12.3. The van der Waals surface area contributed by atoms with Gasteiger partial charge in [-0.1, -0.05) is 80.6 Å². The molecule has 0 saturated carbocycles. The van der Waals surface area contributed by atoms with Gasteiger partial charge in [0.25, 0.3) is 0 Å². The van der Waals surface area contributed by atoms with E-state index in [-0.39, 0.29) is 5.78 Å². The average Bonchev–Trinajstić information content (AvgIpc) is 2.59. The quantitative estimate of drug-likeness (QED) is 0.421. The first-order chi connectivity index (χ1) is 11.6. The maximum Gasteiger partial charge on any atom is 0.185 e. The Morgan fingerprint density at radius 3 is 2.33 bits per heavy atom. The van der Waals surface area contributed by atoms with Crippen LogP contribution in [0.2, 0.25) is 0 Å². The summed E-state index contributed by atoms with van der Waals surface area (Å²) < 4.78 is 0. The molecule has 0 amide bonds. The number of hydrogen-bond acceptors (Lipinski definition) is 1. The Morgan fingerprint density at radius 2 is 1.62 bits per heavy atom. The fourth-order valence-electron chi connectivity index (χ4n) is 2.86. The molecule has 0 atom stereocenters. The van der Waals surface area contributed by atoms with E-state index in [4.69, 9.17) is 0 Å². The van der Waals surface area contributed by atoms with Gasteiger partial charge >= 0.3 is 0 Å². The van der Waals surface area contributed by atoms with E-state index in [0.717, 1.165) is 17.5 Å². The molecule has 0 spiro atoms. The molecule has 0 aliphatic carbocycles.